The number of hydrazone groups is 4. The van der Waals surface area contributed by atoms with Crippen LogP contribution in [0, 0.1) is 149 Å². The number of non-ortho nitro benzene ring substituents is 8. The van der Waals surface area contributed by atoms with Crippen molar-refractivity contribution in [2.24, 2.45) is 20.4 Å². The summed E-state index contributed by atoms with van der Waals surface area (Å²) in [4.78, 5) is 126. The lowest BCUT2D eigenvalue weighted by molar-refractivity contribution is -0.682. The van der Waals surface area contributed by atoms with Gasteiger partial charge in [-0.15, -0.1) is 0 Å². The first-order chi connectivity index (χ1) is 61.0. The van der Waals surface area contributed by atoms with E-state index in [9.17, 15) is 121 Å². The van der Waals surface area contributed by atoms with Crippen LogP contribution in [0.5, 0.6) is 0 Å². The van der Waals surface area contributed by atoms with Crippen LogP contribution in [0.15, 0.2) is 282 Å². The lowest BCUT2D eigenvalue weighted by Crippen LogP contribution is -3.00. The molecule has 1 aliphatic heterocycles. The molecule has 0 unspecified atom stereocenters. The van der Waals surface area contributed by atoms with Crippen LogP contribution in [0.1, 0.15) is 44.6 Å². The molecule has 3 N–H and O–H groups in total. The molecule has 0 atom stereocenters. The summed E-state index contributed by atoms with van der Waals surface area (Å²) in [5.41, 5.74) is 11.7. The Hall–Kier alpha value is -17.0. The average Bonchev–Trinajstić information content (AvgIpc) is 0.758. The van der Waals surface area contributed by atoms with Gasteiger partial charge in [0.1, 0.15) is 52.1 Å². The SMILES string of the molecule is Cc1cc(C)c[n+](C/C(=N\Nc2ccc([N+](=O)[O-])cc2[N+](=O)[O-])c2ccc([N+](=O)[O-])cc2)c1.Cc1ccc[n+](C/C(=N\Nc2ccc([N+](=O)[O-])cc2[N+](=O)[O-])c2ccc([N+](=O)[O-])cc2)c1.Cc1cccc2[n+]1CC(c1ccc([N+](=O)[O-])cc1)=NN2c1ccc([N+](=O)[O-])cc1[N+](=O)[O-].O=[N+]([O-])c1ccc(/C(C[n+]2ccccc2)=N/Nc2ccc([N+](=O)[O-])cc2[N+](=O)[O-])cc1.[Br-].[Br-].[Br-].[Br-]. The lowest BCUT2D eigenvalue weighted by atomic mass is 10.1. The van der Waals surface area contributed by atoms with Crippen LogP contribution >= 0.6 is 0 Å². The topological polar surface area (TPSA) is 622 Å². The van der Waals surface area contributed by atoms with E-state index >= 15 is 0 Å². The fourth-order valence-electron chi connectivity index (χ4n) is 12.2. The Morgan fingerprint density at radius 1 is 0.326 bits per heavy atom. The zero-order valence-corrected chi connectivity index (χ0v) is 74.7. The summed E-state index contributed by atoms with van der Waals surface area (Å²) in [7, 11) is 0. The number of aromatic nitrogens is 4. The number of nitro benzene ring substituents is 12. The predicted molar refractivity (Wildman–Crippen MR) is 456 cm³/mol. The van der Waals surface area contributed by atoms with E-state index in [4.69, 9.17) is 0 Å². The van der Waals surface area contributed by atoms with Gasteiger partial charge in [-0.3, -0.25) is 138 Å². The molecule has 0 radical (unpaired) electrons. The third kappa shape index (κ3) is 27.7. The van der Waals surface area contributed by atoms with Crippen LogP contribution in [-0.4, -0.2) is 81.9 Å². The number of aryl methyl sites for hydroxylation is 4. The van der Waals surface area contributed by atoms with Gasteiger partial charge in [-0.25, -0.2) is 4.57 Å². The molecule has 0 saturated carbocycles. The third-order valence-corrected chi connectivity index (χ3v) is 18.3. The molecule has 0 aliphatic carbocycles. The smallest absolute Gasteiger partial charge is 0.324 e. The molecule has 8 aromatic carbocycles. The van der Waals surface area contributed by atoms with Crippen molar-refractivity contribution in [2.45, 2.75) is 53.9 Å². The second-order valence-electron chi connectivity index (χ2n) is 27.2. The van der Waals surface area contributed by atoms with Crippen molar-refractivity contribution in [1.29, 1.82) is 0 Å². The summed E-state index contributed by atoms with van der Waals surface area (Å²) >= 11 is 0. The van der Waals surface area contributed by atoms with Gasteiger partial charge in [0.15, 0.2) is 56.8 Å². The van der Waals surface area contributed by atoms with Crippen molar-refractivity contribution >= 4 is 120 Å². The Bertz CT molecular complexity index is 6530. The first kappa shape index (κ1) is 104. The van der Waals surface area contributed by atoms with Crippen molar-refractivity contribution in [1.82, 2.24) is 0 Å². The molecule has 678 valence electrons. The van der Waals surface area contributed by atoms with Gasteiger partial charge in [-0.2, -0.15) is 29.0 Å². The van der Waals surface area contributed by atoms with Gasteiger partial charge in [0.25, 0.3) is 45.5 Å². The maximum atomic E-state index is 11.7. The number of anilines is 5. The summed E-state index contributed by atoms with van der Waals surface area (Å²) in [6.07, 6.45) is 11.0. The zero-order chi connectivity index (χ0) is 92.7. The van der Waals surface area contributed by atoms with Crippen LogP contribution in [0.3, 0.4) is 0 Å². The normalized spacial score (nSPS) is 11.1. The summed E-state index contributed by atoms with van der Waals surface area (Å²) in [6.45, 7) is 8.75. The molecule has 0 bridgehead atoms. The molecule has 0 spiro atoms. The molecule has 13 rings (SSSR count). The highest BCUT2D eigenvalue weighted by Gasteiger charge is 2.37. The molecule has 12 aromatic rings. The Morgan fingerprint density at radius 3 is 1.00 bits per heavy atom. The van der Waals surface area contributed by atoms with E-state index in [1.807, 2.05) is 109 Å². The van der Waals surface area contributed by atoms with E-state index in [0.29, 0.717) is 57.5 Å². The minimum atomic E-state index is -0.748. The van der Waals surface area contributed by atoms with Gasteiger partial charge in [0, 0.05) is 142 Å². The fraction of sp³-hybridized carbons (Fsp3) is 0.100. The van der Waals surface area contributed by atoms with E-state index in [1.54, 1.807) is 41.2 Å². The molecule has 1 aliphatic rings. The number of nitrogens with one attached hydrogen (secondary N) is 3. The number of nitrogens with zero attached hydrogens (tertiary/aromatic N) is 21. The van der Waals surface area contributed by atoms with Crippen LogP contribution < -0.4 is 107 Å². The van der Waals surface area contributed by atoms with E-state index in [1.165, 1.54) is 120 Å². The quantitative estimate of drug-likeness (QED) is 0.0262. The number of hydrogen-bond donors (Lipinski definition) is 3. The van der Waals surface area contributed by atoms with E-state index in [0.717, 1.165) is 64.8 Å². The summed E-state index contributed by atoms with van der Waals surface area (Å²) < 4.78 is 7.39. The van der Waals surface area contributed by atoms with Crippen LogP contribution in [0.25, 0.3) is 0 Å². The molecule has 0 saturated heterocycles. The van der Waals surface area contributed by atoms with Crippen molar-refractivity contribution in [3.63, 3.8) is 0 Å². The Balaban J connectivity index is 0.000000268. The third-order valence-electron chi connectivity index (χ3n) is 18.3. The molecule has 132 heavy (non-hydrogen) atoms. The first-order valence-electron chi connectivity index (χ1n) is 36.9. The van der Waals surface area contributed by atoms with Gasteiger partial charge in [0.05, 0.1) is 83.3 Å². The molecule has 52 heteroatoms. The Morgan fingerprint density at radius 2 is 0.644 bits per heavy atom. The van der Waals surface area contributed by atoms with Gasteiger partial charge < -0.3 is 67.9 Å². The molecule has 0 amide bonds. The average molecular weight is 2070 g/mol. The highest BCUT2D eigenvalue weighted by molar-refractivity contribution is 6.03. The van der Waals surface area contributed by atoms with Crippen molar-refractivity contribution in [2.75, 3.05) is 21.3 Å². The number of pyridine rings is 4. The van der Waals surface area contributed by atoms with Crippen molar-refractivity contribution < 1.29 is 145 Å². The van der Waals surface area contributed by atoms with E-state index in [-0.39, 0.29) is 133 Å². The predicted octanol–water partition coefficient (Wildman–Crippen LogP) is 2.15. The van der Waals surface area contributed by atoms with Gasteiger partial charge >= 0.3 is 28.6 Å². The number of hydrogen-bond acceptors (Lipinski definition) is 32. The number of rotatable bonds is 29. The minimum Gasteiger partial charge on any atom is -1.00 e. The van der Waals surface area contributed by atoms with Gasteiger partial charge in [-0.05, 0) is 113 Å². The molecular formula is C80H66Br4N24O24. The van der Waals surface area contributed by atoms with E-state index < -0.39 is 105 Å². The zero-order valence-electron chi connectivity index (χ0n) is 68.4. The first-order valence-corrected chi connectivity index (χ1v) is 36.9. The summed E-state index contributed by atoms with van der Waals surface area (Å²) in [5.74, 6) is 0.535. The summed E-state index contributed by atoms with van der Waals surface area (Å²) in [6, 6.07) is 52.5. The molecule has 4 aromatic heterocycles. The number of benzene rings is 8. The maximum absolute atomic E-state index is 11.7. The molecule has 0 fully saturated rings. The monoisotopic (exact) mass is 2060 g/mol. The lowest BCUT2D eigenvalue weighted by Gasteiger charge is -2.21. The highest BCUT2D eigenvalue weighted by atomic mass is 79.9. The maximum Gasteiger partial charge on any atom is 0.324 e. The number of nitro groups is 12. The standard InChI is InChI=1S/C21H19N6O6.C20H15N6O6.C20H17N6O6.C19H15N6O6.4BrH/c1-14-9-15(2)12-24(11-14)13-20(16-3-5-17(6-4-16)25(28)29)23-22-19-8-7-18(26(30)31)10-21(19)27(32)33;1-13-3-2-4-20-22(13)12-17(14-5-7-15(8-6-14)24(27)28)21-23(20)18-10-9-16(25(29)30)11-19(18)26(31)32;1-14-3-2-10-23(12-14)13-19(15-4-6-16(7-5-15)24(27)28)22-21-18-9-8-17(25(29)30)11-20(18)26(31)32;26-23(27)15-6-4-14(5-7-15)18(13-22-10-2-1-3-11-22)21-20-17-9-8-16(24(28)29)12-19(17)25(30)31;;;;/h3-12,22H,13H2,1-2H3;2-11H,12H2,1H3;2-12,21H,13H2,1H3;1-12,20H,13H2;4*1H/q4*+1;;;;/p-4/b23-20+;;22-19+;21-18+;;;;. The number of halogens is 4. The van der Waals surface area contributed by atoms with Crippen molar-refractivity contribution in [3.05, 3.63) is 428 Å². The largest absolute Gasteiger partial charge is 1.00 e. The second kappa shape index (κ2) is 47.5. The molecule has 5 heterocycles. The summed E-state index contributed by atoms with van der Waals surface area (Å²) in [5, 5.41) is 152. The fourth-order valence-corrected chi connectivity index (χ4v) is 12.2. The Labute approximate surface area is 783 Å². The van der Waals surface area contributed by atoms with Crippen LogP contribution in [0.4, 0.5) is 96.8 Å². The highest BCUT2D eigenvalue weighted by Crippen LogP contribution is 2.38. The minimum absolute atomic E-state index is 0. The van der Waals surface area contributed by atoms with Crippen LogP contribution in [-0.2, 0) is 26.2 Å². The molecular weight excluding hydrogens is 2000 g/mol. The van der Waals surface area contributed by atoms with Gasteiger partial charge in [0.2, 0.25) is 5.69 Å². The van der Waals surface area contributed by atoms with Crippen LogP contribution in [0.2, 0.25) is 0 Å². The van der Waals surface area contributed by atoms with Crippen molar-refractivity contribution in [3.8, 4) is 0 Å². The molecule has 48 nitrogen and oxygen atoms in total. The van der Waals surface area contributed by atoms with E-state index in [2.05, 4.69) is 36.7 Å². The Kier molecular flexibility index (Phi) is 37.3. The second-order valence-corrected chi connectivity index (χ2v) is 27.2. The van der Waals surface area contributed by atoms with Gasteiger partial charge in [-0.1, -0.05) is 22.2 Å². The number of fused-ring (bicyclic) bond motifs is 1.